The maximum absolute atomic E-state index is 13.6. The summed E-state index contributed by atoms with van der Waals surface area (Å²) < 4.78 is 33.6. The van der Waals surface area contributed by atoms with Crippen molar-refractivity contribution in [2.24, 2.45) is 5.92 Å². The van der Waals surface area contributed by atoms with Crippen LogP contribution in [0.1, 0.15) is 43.9 Å². The predicted octanol–water partition coefficient (Wildman–Crippen LogP) is 5.31. The number of carbonyl (C=O) groups is 1. The van der Waals surface area contributed by atoms with Gasteiger partial charge in [0.2, 0.25) is 5.91 Å². The van der Waals surface area contributed by atoms with Crippen molar-refractivity contribution in [1.82, 2.24) is 5.32 Å². The third-order valence-corrected chi connectivity index (χ3v) is 8.84. The Kier molecular flexibility index (Phi) is 8.62. The third kappa shape index (κ3) is 6.48. The molecule has 0 saturated carbocycles. The van der Waals surface area contributed by atoms with E-state index in [2.05, 4.69) is 29.3 Å². The summed E-state index contributed by atoms with van der Waals surface area (Å²) in [7, 11) is -2.44. The molecule has 38 heavy (non-hydrogen) atoms. The molecule has 2 atom stereocenters. The van der Waals surface area contributed by atoms with Gasteiger partial charge in [0.05, 0.1) is 23.7 Å². The molecule has 8 heteroatoms. The number of benzene rings is 3. The number of nitrogens with zero attached hydrogens (tertiary/aromatic N) is 2. The Bertz CT molecular complexity index is 1320. The van der Waals surface area contributed by atoms with Crippen LogP contribution in [0.15, 0.2) is 77.7 Å². The Morgan fingerprint density at radius 1 is 1.05 bits per heavy atom. The summed E-state index contributed by atoms with van der Waals surface area (Å²) in [6, 6.07) is 21.2. The fourth-order valence-electron chi connectivity index (χ4n) is 4.80. The van der Waals surface area contributed by atoms with E-state index in [1.165, 1.54) is 18.5 Å². The highest BCUT2D eigenvalue weighted by molar-refractivity contribution is 7.92. The largest absolute Gasteiger partial charge is 0.497 e. The van der Waals surface area contributed by atoms with Gasteiger partial charge >= 0.3 is 0 Å². The van der Waals surface area contributed by atoms with Crippen molar-refractivity contribution in [3.63, 3.8) is 0 Å². The Labute approximate surface area is 226 Å². The average molecular weight is 536 g/mol. The molecule has 0 radical (unpaired) electrons. The zero-order valence-electron chi connectivity index (χ0n) is 22.6. The number of rotatable bonds is 9. The second kappa shape index (κ2) is 11.9. The number of nitrogens with one attached hydrogen (secondary N) is 1. The van der Waals surface area contributed by atoms with Crippen LogP contribution in [0.4, 0.5) is 11.4 Å². The lowest BCUT2D eigenvalue weighted by atomic mass is 9.99. The molecule has 1 aliphatic heterocycles. The van der Waals surface area contributed by atoms with Gasteiger partial charge in [-0.3, -0.25) is 9.10 Å². The van der Waals surface area contributed by atoms with E-state index in [1.807, 2.05) is 26.0 Å². The number of ether oxygens (including phenoxy) is 1. The molecule has 1 saturated heterocycles. The Balaban J connectivity index is 1.50. The van der Waals surface area contributed by atoms with Gasteiger partial charge in [-0.05, 0) is 86.7 Å². The summed E-state index contributed by atoms with van der Waals surface area (Å²) in [6.07, 6.45) is 2.47. The SMILES string of the molecule is COc1ccc(N(CC(=O)NC(C)c2ccc(N3CCCC(C)C3)cc2)S(=O)(=O)c2ccc(C)cc2)cc1. The minimum atomic E-state index is -3.98. The fourth-order valence-corrected chi connectivity index (χ4v) is 6.22. The lowest BCUT2D eigenvalue weighted by Crippen LogP contribution is -2.41. The van der Waals surface area contributed by atoms with Crippen LogP contribution >= 0.6 is 0 Å². The lowest BCUT2D eigenvalue weighted by molar-refractivity contribution is -0.120. The highest BCUT2D eigenvalue weighted by atomic mass is 32.2. The van der Waals surface area contributed by atoms with Gasteiger partial charge in [-0.15, -0.1) is 0 Å². The second-order valence-corrected chi connectivity index (χ2v) is 12.0. The topological polar surface area (TPSA) is 79.0 Å². The molecule has 3 aromatic rings. The van der Waals surface area contributed by atoms with Crippen LogP contribution in [-0.4, -0.2) is 41.1 Å². The van der Waals surface area contributed by atoms with Crippen molar-refractivity contribution in [1.29, 1.82) is 0 Å². The van der Waals surface area contributed by atoms with Crippen LogP contribution < -0.4 is 19.3 Å². The first-order chi connectivity index (χ1) is 18.2. The van der Waals surface area contributed by atoms with E-state index in [0.29, 0.717) is 17.4 Å². The predicted molar refractivity (Wildman–Crippen MR) is 152 cm³/mol. The quantitative estimate of drug-likeness (QED) is 0.402. The van der Waals surface area contributed by atoms with E-state index in [1.54, 1.807) is 55.6 Å². The standard InChI is InChI=1S/C30H37N3O4S/c1-22-7-17-29(18-8-22)38(35,36)33(27-13-15-28(37-4)16-14-27)21-30(34)31-24(3)25-9-11-26(12-10-25)32-19-5-6-23(2)20-32/h7-18,23-24H,5-6,19-21H2,1-4H3,(H,31,34). The molecule has 1 heterocycles. The van der Waals surface area contributed by atoms with Gasteiger partial charge in [-0.25, -0.2) is 8.42 Å². The van der Waals surface area contributed by atoms with Crippen molar-refractivity contribution in [3.8, 4) is 5.75 Å². The maximum Gasteiger partial charge on any atom is 0.264 e. The van der Waals surface area contributed by atoms with Gasteiger partial charge in [-0.1, -0.05) is 36.8 Å². The van der Waals surface area contributed by atoms with Crippen molar-refractivity contribution >= 4 is 27.3 Å². The molecule has 202 valence electrons. The van der Waals surface area contributed by atoms with Crippen LogP contribution in [0.3, 0.4) is 0 Å². The van der Waals surface area contributed by atoms with Crippen LogP contribution in [0.2, 0.25) is 0 Å². The number of methoxy groups -OCH3 is 1. The summed E-state index contributed by atoms with van der Waals surface area (Å²) >= 11 is 0. The van der Waals surface area contributed by atoms with Gasteiger partial charge < -0.3 is 15.0 Å². The number of piperidine rings is 1. The van der Waals surface area contributed by atoms with Crippen LogP contribution in [0.25, 0.3) is 0 Å². The number of hydrogen-bond donors (Lipinski definition) is 1. The minimum absolute atomic E-state index is 0.127. The van der Waals surface area contributed by atoms with Crippen molar-refractivity contribution in [2.45, 2.75) is 44.6 Å². The number of amides is 1. The summed E-state index contributed by atoms with van der Waals surface area (Å²) in [6.45, 7) is 7.85. The number of sulfonamides is 1. The molecule has 0 aromatic heterocycles. The molecule has 0 spiro atoms. The van der Waals surface area contributed by atoms with E-state index in [4.69, 9.17) is 4.74 Å². The molecule has 1 amide bonds. The molecule has 3 aromatic carbocycles. The highest BCUT2D eigenvalue weighted by Gasteiger charge is 2.28. The summed E-state index contributed by atoms with van der Waals surface area (Å²) in [5.41, 5.74) is 3.49. The molecule has 7 nitrogen and oxygen atoms in total. The van der Waals surface area contributed by atoms with Crippen molar-refractivity contribution < 1.29 is 17.9 Å². The van der Waals surface area contributed by atoms with E-state index in [9.17, 15) is 13.2 Å². The molecule has 4 rings (SSSR count). The molecule has 1 N–H and O–H groups in total. The number of aryl methyl sites for hydroxylation is 1. The molecule has 0 aliphatic carbocycles. The summed E-state index contributed by atoms with van der Waals surface area (Å²) in [5.74, 6) is 0.895. The molecule has 1 aliphatic rings. The Morgan fingerprint density at radius 3 is 2.32 bits per heavy atom. The zero-order chi connectivity index (χ0) is 27.3. The summed E-state index contributed by atoms with van der Waals surface area (Å²) in [4.78, 5) is 15.7. The molecule has 0 bridgehead atoms. The summed E-state index contributed by atoms with van der Waals surface area (Å²) in [5, 5.41) is 2.97. The van der Waals surface area contributed by atoms with E-state index >= 15 is 0 Å². The average Bonchev–Trinajstić information content (AvgIpc) is 2.92. The lowest BCUT2D eigenvalue weighted by Gasteiger charge is -2.33. The third-order valence-electron chi connectivity index (χ3n) is 7.05. The van der Waals surface area contributed by atoms with Crippen molar-refractivity contribution in [3.05, 3.63) is 83.9 Å². The molecular formula is C30H37N3O4S. The maximum atomic E-state index is 13.6. The fraction of sp³-hybridized carbons (Fsp3) is 0.367. The number of hydrogen-bond acceptors (Lipinski definition) is 5. The van der Waals surface area contributed by atoms with Crippen molar-refractivity contribution in [2.75, 3.05) is 35.9 Å². The van der Waals surface area contributed by atoms with Gasteiger partial charge in [0, 0.05) is 18.8 Å². The first-order valence-electron chi connectivity index (χ1n) is 13.0. The van der Waals surface area contributed by atoms with E-state index < -0.39 is 15.9 Å². The number of anilines is 2. The van der Waals surface area contributed by atoms with Crippen LogP contribution in [-0.2, 0) is 14.8 Å². The van der Waals surface area contributed by atoms with E-state index in [0.717, 1.165) is 28.5 Å². The van der Waals surface area contributed by atoms with Gasteiger partial charge in [0.15, 0.2) is 0 Å². The monoisotopic (exact) mass is 535 g/mol. The van der Waals surface area contributed by atoms with E-state index in [-0.39, 0.29) is 17.5 Å². The highest BCUT2D eigenvalue weighted by Crippen LogP contribution is 2.27. The molecular weight excluding hydrogens is 498 g/mol. The first-order valence-corrected chi connectivity index (χ1v) is 14.5. The van der Waals surface area contributed by atoms with Gasteiger partial charge in [0.1, 0.15) is 12.3 Å². The Hall–Kier alpha value is -3.52. The first kappa shape index (κ1) is 27.5. The van der Waals surface area contributed by atoms with Crippen LogP contribution in [0.5, 0.6) is 5.75 Å². The Morgan fingerprint density at radius 2 is 1.71 bits per heavy atom. The minimum Gasteiger partial charge on any atom is -0.497 e. The molecule has 1 fully saturated rings. The molecule has 2 unspecified atom stereocenters. The van der Waals surface area contributed by atoms with Gasteiger partial charge in [0.25, 0.3) is 10.0 Å². The zero-order valence-corrected chi connectivity index (χ0v) is 23.4. The normalized spacial score (nSPS) is 16.5. The van der Waals surface area contributed by atoms with Gasteiger partial charge in [-0.2, -0.15) is 0 Å². The second-order valence-electron chi connectivity index (χ2n) is 10.1. The number of carbonyl (C=O) groups excluding carboxylic acids is 1. The smallest absolute Gasteiger partial charge is 0.264 e. The van der Waals surface area contributed by atoms with Crippen LogP contribution in [0, 0.1) is 12.8 Å².